The van der Waals surface area contributed by atoms with Crippen molar-refractivity contribution in [2.75, 3.05) is 26.4 Å². The molecule has 0 aliphatic rings. The minimum atomic E-state index is 1.13. The van der Waals surface area contributed by atoms with Crippen LogP contribution in [0.2, 0.25) is 0 Å². The van der Waals surface area contributed by atoms with Crippen LogP contribution in [0, 0.1) is 0 Å². The molecule has 2 aromatic rings. The molecule has 2 rings (SSSR count). The zero-order chi connectivity index (χ0) is 10.7. The molecule has 15 heavy (non-hydrogen) atoms. The van der Waals surface area contributed by atoms with Crippen LogP contribution < -0.4 is 4.90 Å². The van der Waals surface area contributed by atoms with E-state index < -0.39 is 0 Å². The summed E-state index contributed by atoms with van der Waals surface area (Å²) >= 11 is 3.65. The van der Waals surface area contributed by atoms with E-state index in [0.29, 0.717) is 0 Å². The summed E-state index contributed by atoms with van der Waals surface area (Å²) in [7, 11) is 4.36. The number of benzene rings is 1. The SMILES string of the molecule is C[NH+](C)CCSc1nc2ccccc2s1. The second kappa shape index (κ2) is 4.96. The van der Waals surface area contributed by atoms with Gasteiger partial charge in [0.15, 0.2) is 4.34 Å². The Morgan fingerprint density at radius 2 is 2.13 bits per heavy atom. The molecule has 0 bridgehead atoms. The highest BCUT2D eigenvalue weighted by atomic mass is 32.2. The molecule has 4 heteroatoms. The predicted octanol–water partition coefficient (Wildman–Crippen LogP) is 1.53. The van der Waals surface area contributed by atoms with Gasteiger partial charge in [-0.15, -0.1) is 11.3 Å². The fourth-order valence-corrected chi connectivity index (χ4v) is 3.56. The van der Waals surface area contributed by atoms with Crippen LogP contribution in [0.15, 0.2) is 28.6 Å². The van der Waals surface area contributed by atoms with Gasteiger partial charge in [-0.1, -0.05) is 23.9 Å². The zero-order valence-electron chi connectivity index (χ0n) is 8.99. The van der Waals surface area contributed by atoms with Crippen molar-refractivity contribution in [3.05, 3.63) is 24.3 Å². The van der Waals surface area contributed by atoms with Crippen LogP contribution in [0.25, 0.3) is 10.2 Å². The van der Waals surface area contributed by atoms with Gasteiger partial charge in [0, 0.05) is 5.75 Å². The summed E-state index contributed by atoms with van der Waals surface area (Å²) < 4.78 is 2.48. The van der Waals surface area contributed by atoms with E-state index in [4.69, 9.17) is 0 Å². The average molecular weight is 239 g/mol. The standard InChI is InChI=1S/C11H14N2S2/c1-13(2)7-8-14-11-12-9-5-3-4-6-10(9)15-11/h3-6H,7-8H2,1-2H3/p+1. The molecular weight excluding hydrogens is 224 g/mol. The van der Waals surface area contributed by atoms with Gasteiger partial charge in [0.25, 0.3) is 0 Å². The molecule has 0 saturated heterocycles. The Morgan fingerprint density at radius 3 is 2.87 bits per heavy atom. The van der Waals surface area contributed by atoms with Crippen molar-refractivity contribution in [3.8, 4) is 0 Å². The highest BCUT2D eigenvalue weighted by molar-refractivity contribution is 8.01. The minimum absolute atomic E-state index is 1.13. The number of nitrogens with zero attached hydrogens (tertiary/aromatic N) is 1. The Morgan fingerprint density at radius 1 is 1.33 bits per heavy atom. The molecular formula is C11H15N2S2+. The summed E-state index contributed by atoms with van der Waals surface area (Å²) in [4.78, 5) is 6.07. The number of nitrogens with one attached hydrogen (secondary N) is 1. The molecule has 0 amide bonds. The Bertz CT molecular complexity index is 404. The van der Waals surface area contributed by atoms with Crippen molar-refractivity contribution in [3.63, 3.8) is 0 Å². The van der Waals surface area contributed by atoms with E-state index in [0.717, 1.165) is 11.3 Å². The lowest BCUT2D eigenvalue weighted by atomic mass is 10.3. The van der Waals surface area contributed by atoms with E-state index in [1.54, 1.807) is 11.3 Å². The van der Waals surface area contributed by atoms with E-state index in [2.05, 4.69) is 37.3 Å². The van der Waals surface area contributed by atoms with Crippen molar-refractivity contribution < 1.29 is 4.90 Å². The second-order valence-corrected chi connectivity index (χ2v) is 6.13. The third-order valence-electron chi connectivity index (χ3n) is 2.10. The third-order valence-corrected chi connectivity index (χ3v) is 4.28. The van der Waals surface area contributed by atoms with Gasteiger partial charge in [-0.25, -0.2) is 4.98 Å². The molecule has 80 valence electrons. The Labute approximate surface area is 98.3 Å². The number of thiazole rings is 1. The number of para-hydroxylation sites is 1. The fourth-order valence-electron chi connectivity index (χ4n) is 1.26. The van der Waals surface area contributed by atoms with E-state index in [9.17, 15) is 0 Å². The molecule has 0 spiro atoms. The largest absolute Gasteiger partial charge is 0.339 e. The van der Waals surface area contributed by atoms with Crippen LogP contribution in [0.4, 0.5) is 0 Å². The molecule has 0 fully saturated rings. The average Bonchev–Trinajstić information content (AvgIpc) is 2.59. The molecule has 1 heterocycles. The van der Waals surface area contributed by atoms with Crippen LogP contribution >= 0.6 is 23.1 Å². The summed E-state index contributed by atoms with van der Waals surface area (Å²) in [6.07, 6.45) is 0. The van der Waals surface area contributed by atoms with E-state index >= 15 is 0 Å². The van der Waals surface area contributed by atoms with Gasteiger partial charge in [-0.05, 0) is 12.1 Å². The van der Waals surface area contributed by atoms with Gasteiger partial charge >= 0.3 is 0 Å². The Hall–Kier alpha value is -0.580. The number of thioether (sulfide) groups is 1. The van der Waals surface area contributed by atoms with Crippen molar-refractivity contribution in [1.82, 2.24) is 4.98 Å². The van der Waals surface area contributed by atoms with E-state index in [1.165, 1.54) is 20.5 Å². The fraction of sp³-hybridized carbons (Fsp3) is 0.364. The molecule has 1 aromatic carbocycles. The quantitative estimate of drug-likeness (QED) is 0.815. The first kappa shape index (κ1) is 10.9. The normalized spacial score (nSPS) is 11.4. The molecule has 0 unspecified atom stereocenters. The molecule has 0 atom stereocenters. The molecule has 0 aliphatic heterocycles. The summed E-state index contributed by atoms with van der Waals surface area (Å²) in [5, 5.41) is 0. The Balaban J connectivity index is 2.03. The third kappa shape index (κ3) is 2.93. The maximum atomic E-state index is 4.58. The summed E-state index contributed by atoms with van der Waals surface area (Å²) in [6, 6.07) is 8.32. The highest BCUT2D eigenvalue weighted by Crippen LogP contribution is 2.28. The number of rotatable bonds is 4. The van der Waals surface area contributed by atoms with Crippen molar-refractivity contribution >= 4 is 33.3 Å². The van der Waals surface area contributed by atoms with E-state index in [1.807, 2.05) is 17.8 Å². The van der Waals surface area contributed by atoms with Crippen LogP contribution in [-0.4, -0.2) is 31.4 Å². The highest BCUT2D eigenvalue weighted by Gasteiger charge is 2.04. The Kier molecular flexibility index (Phi) is 3.61. The van der Waals surface area contributed by atoms with E-state index in [-0.39, 0.29) is 0 Å². The van der Waals surface area contributed by atoms with Crippen LogP contribution in [0.1, 0.15) is 0 Å². The molecule has 0 saturated carbocycles. The van der Waals surface area contributed by atoms with Gasteiger partial charge in [0.2, 0.25) is 0 Å². The van der Waals surface area contributed by atoms with Crippen LogP contribution in [0.3, 0.4) is 0 Å². The van der Waals surface area contributed by atoms with Gasteiger partial charge in [-0.3, -0.25) is 0 Å². The topological polar surface area (TPSA) is 17.3 Å². The van der Waals surface area contributed by atoms with Gasteiger partial charge < -0.3 is 4.90 Å². The molecule has 0 radical (unpaired) electrons. The molecule has 1 aromatic heterocycles. The van der Waals surface area contributed by atoms with Gasteiger partial charge in [0.05, 0.1) is 30.9 Å². The smallest absolute Gasteiger partial charge is 0.151 e. The van der Waals surface area contributed by atoms with Crippen molar-refractivity contribution in [1.29, 1.82) is 0 Å². The monoisotopic (exact) mass is 239 g/mol. The lowest BCUT2D eigenvalue weighted by molar-refractivity contribution is -0.855. The van der Waals surface area contributed by atoms with Crippen molar-refractivity contribution in [2.24, 2.45) is 0 Å². The summed E-state index contributed by atoms with van der Waals surface area (Å²) in [6.45, 7) is 1.18. The first-order chi connectivity index (χ1) is 7.25. The molecule has 1 N–H and O–H groups in total. The zero-order valence-corrected chi connectivity index (χ0v) is 10.6. The minimum Gasteiger partial charge on any atom is -0.339 e. The predicted molar refractivity (Wildman–Crippen MR) is 68.0 cm³/mol. The summed E-state index contributed by atoms with van der Waals surface area (Å²) in [5.74, 6) is 1.14. The van der Waals surface area contributed by atoms with Crippen LogP contribution in [0.5, 0.6) is 0 Å². The second-order valence-electron chi connectivity index (χ2n) is 3.75. The van der Waals surface area contributed by atoms with Gasteiger partial charge in [0.1, 0.15) is 0 Å². The lowest BCUT2D eigenvalue weighted by Crippen LogP contribution is -3.06. The first-order valence-corrected chi connectivity index (χ1v) is 6.83. The van der Waals surface area contributed by atoms with Gasteiger partial charge in [-0.2, -0.15) is 0 Å². The molecule has 0 aliphatic carbocycles. The van der Waals surface area contributed by atoms with Crippen molar-refractivity contribution in [2.45, 2.75) is 4.34 Å². The molecule has 2 nitrogen and oxygen atoms in total. The first-order valence-electron chi connectivity index (χ1n) is 5.03. The number of quaternary nitrogens is 1. The maximum absolute atomic E-state index is 4.58. The lowest BCUT2D eigenvalue weighted by Gasteiger charge is -2.04. The summed E-state index contributed by atoms with van der Waals surface area (Å²) in [5.41, 5.74) is 1.13. The van der Waals surface area contributed by atoms with Crippen LogP contribution in [-0.2, 0) is 0 Å². The maximum Gasteiger partial charge on any atom is 0.151 e. The number of aromatic nitrogens is 1. The number of hydrogen-bond acceptors (Lipinski definition) is 3. The number of fused-ring (bicyclic) bond motifs is 1. The number of hydrogen-bond donors (Lipinski definition) is 1.